The van der Waals surface area contributed by atoms with E-state index in [-0.39, 0.29) is 57.5 Å². The zero-order valence-electron chi connectivity index (χ0n) is 35.8. The van der Waals surface area contributed by atoms with E-state index in [0.717, 1.165) is 38.9 Å². The van der Waals surface area contributed by atoms with Gasteiger partial charge in [0.25, 0.3) is 0 Å². The van der Waals surface area contributed by atoms with Crippen LogP contribution in [0.4, 0.5) is 4.79 Å². The highest BCUT2D eigenvalue weighted by molar-refractivity contribution is 5.79. The molecule has 1 aliphatic rings. The van der Waals surface area contributed by atoms with Gasteiger partial charge in [0.05, 0.1) is 18.3 Å². The number of ether oxygens (including phenoxy) is 3. The minimum Gasteiger partial charge on any atom is -0.442 e. The van der Waals surface area contributed by atoms with E-state index in [4.69, 9.17) is 14.2 Å². The van der Waals surface area contributed by atoms with Gasteiger partial charge in [-0.2, -0.15) is 0 Å². The molecule has 62 heavy (non-hydrogen) atoms. The van der Waals surface area contributed by atoms with Crippen LogP contribution >= 0.6 is 0 Å². The maximum Gasteiger partial charge on any atom is 0.407 e. The summed E-state index contributed by atoms with van der Waals surface area (Å²) in [5.41, 5.74) is 6.81. The van der Waals surface area contributed by atoms with E-state index in [2.05, 4.69) is 40.2 Å². The molecule has 1 amide bonds. The Morgan fingerprint density at radius 1 is 0.694 bits per heavy atom. The van der Waals surface area contributed by atoms with Gasteiger partial charge in [-0.15, -0.1) is 0 Å². The van der Waals surface area contributed by atoms with Gasteiger partial charge in [-0.1, -0.05) is 140 Å². The normalized spacial score (nSPS) is 15.1. The van der Waals surface area contributed by atoms with Gasteiger partial charge in [0.15, 0.2) is 0 Å². The van der Waals surface area contributed by atoms with Crippen molar-refractivity contribution >= 4 is 6.09 Å². The average Bonchev–Trinajstić information content (AvgIpc) is 3.60. The molecule has 0 saturated carbocycles. The van der Waals surface area contributed by atoms with Gasteiger partial charge in [0, 0.05) is 51.0 Å². The fourth-order valence-electron chi connectivity index (χ4n) is 7.88. The number of hydrogen-bond acceptors (Lipinski definition) is 11. The molecule has 5 aromatic rings. The number of nitrogens with one attached hydrogen (secondary N) is 3. The SMILES string of the molecule is CC(C)(C)O[C@H](O)NCC[C@H](OC(=O)NCC1c2ccccc2-c2ccccc21)[C@H](O)N(CC[C@H](O)CN[C@@H](O)OCc1ccccc1)CC(c1ccccc1)c1ccccc1. The molecule has 0 aromatic heterocycles. The second-order valence-corrected chi connectivity index (χ2v) is 16.7. The van der Waals surface area contributed by atoms with E-state index in [0.29, 0.717) is 6.54 Å². The zero-order valence-corrected chi connectivity index (χ0v) is 35.8. The van der Waals surface area contributed by atoms with Gasteiger partial charge in [0.2, 0.25) is 12.8 Å². The van der Waals surface area contributed by atoms with Crippen molar-refractivity contribution in [3.63, 3.8) is 0 Å². The van der Waals surface area contributed by atoms with Crippen molar-refractivity contribution in [3.8, 4) is 11.1 Å². The molecule has 12 heteroatoms. The minimum absolute atomic E-state index is 0.0199. The molecule has 0 aliphatic heterocycles. The Kier molecular flexibility index (Phi) is 17.2. The molecule has 12 nitrogen and oxygen atoms in total. The molecule has 5 aromatic carbocycles. The Labute approximate surface area is 365 Å². The molecule has 6 rings (SSSR count). The van der Waals surface area contributed by atoms with Crippen molar-refractivity contribution in [2.75, 3.05) is 32.7 Å². The summed E-state index contributed by atoms with van der Waals surface area (Å²) in [5, 5.41) is 53.4. The quantitative estimate of drug-likeness (QED) is 0.0372. The summed E-state index contributed by atoms with van der Waals surface area (Å²) >= 11 is 0. The fraction of sp³-hybridized carbons (Fsp3) is 0.380. The third-order valence-electron chi connectivity index (χ3n) is 10.9. The summed E-state index contributed by atoms with van der Waals surface area (Å²) < 4.78 is 17.3. The van der Waals surface area contributed by atoms with Crippen molar-refractivity contribution < 1.29 is 39.4 Å². The standard InChI is InChI=1S/C50H62N4O8/c1-50(2,3)62-49(59)51-29-27-45(61-48(58)53-32-43-41-25-15-13-23-39(41)40-24-14-16-26-42(40)43)46(56)54(33-44(36-19-9-5-10-20-36)37-21-11-6-12-22-37)30-28-38(55)31-52-47(57)60-34-35-17-7-4-8-18-35/h4-26,38,43-47,49,51-52,55-57,59H,27-34H2,1-3H3,(H,53,58)/t38-,45-,46-,47-,49-/m0/s1. The van der Waals surface area contributed by atoms with Crippen LogP contribution in [0.15, 0.2) is 140 Å². The number of alkyl carbamates (subject to hydrolysis) is 1. The van der Waals surface area contributed by atoms with Crippen LogP contribution in [0, 0.1) is 0 Å². The molecule has 0 radical (unpaired) electrons. The highest BCUT2D eigenvalue weighted by Gasteiger charge is 2.33. The zero-order chi connectivity index (χ0) is 43.9. The van der Waals surface area contributed by atoms with E-state index in [1.54, 1.807) is 0 Å². The topological polar surface area (TPSA) is 165 Å². The Bertz CT molecular complexity index is 2000. The summed E-state index contributed by atoms with van der Waals surface area (Å²) in [5.74, 6) is -0.288. The highest BCUT2D eigenvalue weighted by Crippen LogP contribution is 2.44. The molecule has 7 N–H and O–H groups in total. The maximum atomic E-state index is 13.8. The van der Waals surface area contributed by atoms with Gasteiger partial charge in [0.1, 0.15) is 12.3 Å². The number of rotatable bonds is 23. The van der Waals surface area contributed by atoms with E-state index < -0.39 is 43.0 Å². The number of aliphatic hydroxyl groups is 4. The lowest BCUT2D eigenvalue weighted by Crippen LogP contribution is -2.50. The van der Waals surface area contributed by atoms with Crippen LogP contribution in [0.5, 0.6) is 0 Å². The molecular formula is C50H62N4O8. The number of hydrogen-bond donors (Lipinski definition) is 7. The van der Waals surface area contributed by atoms with Crippen molar-refractivity contribution in [2.24, 2.45) is 0 Å². The summed E-state index contributed by atoms with van der Waals surface area (Å²) in [4.78, 5) is 15.6. The first-order chi connectivity index (χ1) is 29.9. The molecule has 0 spiro atoms. The predicted molar refractivity (Wildman–Crippen MR) is 240 cm³/mol. The van der Waals surface area contributed by atoms with Gasteiger partial charge in [-0.3, -0.25) is 15.5 Å². The first kappa shape index (κ1) is 46.5. The molecular weight excluding hydrogens is 785 g/mol. The van der Waals surface area contributed by atoms with Gasteiger partial charge in [-0.05, 0) is 66.1 Å². The first-order valence-electron chi connectivity index (χ1n) is 21.4. The predicted octanol–water partition coefficient (Wildman–Crippen LogP) is 6.25. The number of carbonyl (C=O) groups excluding carboxylic acids is 1. The Hall–Kier alpha value is -4.99. The molecule has 0 bridgehead atoms. The highest BCUT2D eigenvalue weighted by atomic mass is 16.6. The van der Waals surface area contributed by atoms with E-state index in [1.807, 2.05) is 141 Å². The van der Waals surface area contributed by atoms with E-state index >= 15 is 0 Å². The first-order valence-corrected chi connectivity index (χ1v) is 21.4. The van der Waals surface area contributed by atoms with Crippen LogP contribution in [-0.2, 0) is 20.8 Å². The summed E-state index contributed by atoms with van der Waals surface area (Å²) in [7, 11) is 0. The second kappa shape index (κ2) is 22.9. The largest absolute Gasteiger partial charge is 0.442 e. The Morgan fingerprint density at radius 3 is 1.82 bits per heavy atom. The van der Waals surface area contributed by atoms with Crippen LogP contribution in [0.2, 0.25) is 0 Å². The lowest BCUT2D eigenvalue weighted by molar-refractivity contribution is -0.182. The third kappa shape index (κ3) is 13.8. The lowest BCUT2D eigenvalue weighted by atomic mass is 9.90. The number of fused-ring (bicyclic) bond motifs is 3. The molecule has 1 aliphatic carbocycles. The van der Waals surface area contributed by atoms with Crippen LogP contribution in [0.3, 0.4) is 0 Å². The smallest absolute Gasteiger partial charge is 0.407 e. The summed E-state index contributed by atoms with van der Waals surface area (Å²) in [6.07, 6.45) is -6.34. The molecule has 0 heterocycles. The lowest BCUT2D eigenvalue weighted by Gasteiger charge is -2.36. The van der Waals surface area contributed by atoms with Crippen LogP contribution in [0.25, 0.3) is 11.1 Å². The fourth-order valence-corrected chi connectivity index (χ4v) is 7.88. The number of nitrogens with zero attached hydrogens (tertiary/aromatic N) is 1. The van der Waals surface area contributed by atoms with E-state index in [9.17, 15) is 25.2 Å². The molecule has 0 unspecified atom stereocenters. The summed E-state index contributed by atoms with van der Waals surface area (Å²) in [6, 6.07) is 45.8. The number of benzene rings is 5. The monoisotopic (exact) mass is 846 g/mol. The van der Waals surface area contributed by atoms with Gasteiger partial charge >= 0.3 is 6.09 Å². The minimum atomic E-state index is -1.34. The van der Waals surface area contributed by atoms with Gasteiger partial charge in [-0.25, -0.2) is 4.79 Å². The number of aliphatic hydroxyl groups excluding tert-OH is 4. The van der Waals surface area contributed by atoms with Crippen LogP contribution in [-0.4, -0.2) is 101 Å². The van der Waals surface area contributed by atoms with Crippen molar-refractivity contribution in [1.82, 2.24) is 20.9 Å². The molecule has 0 fully saturated rings. The van der Waals surface area contributed by atoms with Gasteiger partial charge < -0.3 is 40.0 Å². The average molecular weight is 847 g/mol. The second-order valence-electron chi connectivity index (χ2n) is 16.7. The third-order valence-corrected chi connectivity index (χ3v) is 10.9. The van der Waals surface area contributed by atoms with Crippen LogP contribution in [0.1, 0.15) is 73.3 Å². The maximum absolute atomic E-state index is 13.8. The number of carbonyl (C=O) groups is 1. The van der Waals surface area contributed by atoms with Crippen molar-refractivity contribution in [3.05, 3.63) is 167 Å². The van der Waals surface area contributed by atoms with Crippen molar-refractivity contribution in [1.29, 1.82) is 0 Å². The molecule has 5 atom stereocenters. The van der Waals surface area contributed by atoms with Crippen LogP contribution < -0.4 is 16.0 Å². The summed E-state index contributed by atoms with van der Waals surface area (Å²) in [6.45, 7) is 6.61. The molecule has 330 valence electrons. The Balaban J connectivity index is 1.19. The Morgan fingerprint density at radius 2 is 1.24 bits per heavy atom. The van der Waals surface area contributed by atoms with Crippen molar-refractivity contribution in [2.45, 2.75) is 88.9 Å². The molecule has 0 saturated heterocycles. The number of amides is 1. The van der Waals surface area contributed by atoms with E-state index in [1.165, 1.54) is 0 Å².